The average molecular weight is 667 g/mol. The number of amides is 4. The van der Waals surface area contributed by atoms with E-state index in [2.05, 4.69) is 35.6 Å². The Morgan fingerprint density at radius 1 is 0.562 bits per heavy atom. The number of aryl methyl sites for hydroxylation is 2. The highest BCUT2D eigenvalue weighted by molar-refractivity contribution is 5.98. The number of phenolic OH excluding ortho intramolecular Hbond substituents is 2. The van der Waals surface area contributed by atoms with Gasteiger partial charge in [0, 0.05) is 11.8 Å². The Morgan fingerprint density at radius 2 is 1.04 bits per heavy atom. The summed E-state index contributed by atoms with van der Waals surface area (Å²) in [5, 5.41) is 20.4. The summed E-state index contributed by atoms with van der Waals surface area (Å²) in [6, 6.07) is 9.99. The molecule has 0 aliphatic heterocycles. The first-order chi connectivity index (χ1) is 23.1. The van der Waals surface area contributed by atoms with E-state index in [-0.39, 0.29) is 46.3 Å². The molecule has 0 aromatic heterocycles. The topological polar surface area (TPSA) is 157 Å². The average Bonchev–Trinajstić information content (AvgIpc) is 3.08. The molecule has 0 fully saturated rings. The molecule has 266 valence electrons. The highest BCUT2D eigenvalue weighted by Crippen LogP contribution is 2.22. The molecule has 6 N–H and O–H groups in total. The van der Waals surface area contributed by atoms with Crippen molar-refractivity contribution < 1.29 is 29.4 Å². The smallest absolute Gasteiger partial charge is 0.273 e. The van der Waals surface area contributed by atoms with Crippen molar-refractivity contribution in [3.05, 3.63) is 58.7 Å². The van der Waals surface area contributed by atoms with Crippen molar-refractivity contribution in [3.8, 4) is 11.5 Å². The Hall–Kier alpha value is -4.08. The Bertz CT molecular complexity index is 1310. The van der Waals surface area contributed by atoms with Crippen LogP contribution >= 0.6 is 0 Å². The van der Waals surface area contributed by atoms with Crippen LogP contribution in [0, 0.1) is 11.8 Å². The van der Waals surface area contributed by atoms with Crippen molar-refractivity contribution in [1.29, 1.82) is 0 Å². The van der Waals surface area contributed by atoms with Gasteiger partial charge in [-0.05, 0) is 80.3 Å². The Labute approximate surface area is 286 Å². The summed E-state index contributed by atoms with van der Waals surface area (Å²) >= 11 is 0. The highest BCUT2D eigenvalue weighted by Gasteiger charge is 2.21. The number of carbonyl (C=O) groups excluding carboxylic acids is 4. The summed E-state index contributed by atoms with van der Waals surface area (Å²) in [7, 11) is 0. The minimum atomic E-state index is -0.575. The van der Waals surface area contributed by atoms with Crippen LogP contribution in [0.5, 0.6) is 11.5 Å². The quantitative estimate of drug-likeness (QED) is 0.0612. The van der Waals surface area contributed by atoms with Crippen LogP contribution in [0.2, 0.25) is 0 Å². The van der Waals surface area contributed by atoms with E-state index in [1.54, 1.807) is 19.1 Å². The second-order valence-corrected chi connectivity index (χ2v) is 12.9. The lowest BCUT2D eigenvalue weighted by atomic mass is 9.94. The summed E-state index contributed by atoms with van der Waals surface area (Å²) < 4.78 is 0. The largest absolute Gasteiger partial charge is 0.507 e. The maximum Gasteiger partial charge on any atom is 0.273 e. The minimum absolute atomic E-state index is 0.121. The van der Waals surface area contributed by atoms with Crippen molar-refractivity contribution in [2.75, 3.05) is 0 Å². The molecule has 48 heavy (non-hydrogen) atoms. The number of benzene rings is 2. The molecular formula is C38H58N4O6. The van der Waals surface area contributed by atoms with Crippen molar-refractivity contribution >= 4 is 23.6 Å². The number of rotatable bonds is 21. The van der Waals surface area contributed by atoms with E-state index in [4.69, 9.17) is 0 Å². The van der Waals surface area contributed by atoms with Gasteiger partial charge in [-0.25, -0.2) is 0 Å². The van der Waals surface area contributed by atoms with E-state index in [1.807, 2.05) is 19.1 Å². The van der Waals surface area contributed by atoms with Gasteiger partial charge in [-0.15, -0.1) is 0 Å². The summed E-state index contributed by atoms with van der Waals surface area (Å²) in [6.45, 7) is 8.07. The first-order valence-electron chi connectivity index (χ1n) is 17.9. The van der Waals surface area contributed by atoms with Crippen molar-refractivity contribution in [1.82, 2.24) is 21.7 Å². The number of aromatic hydroxyl groups is 2. The summed E-state index contributed by atoms with van der Waals surface area (Å²) in [6.07, 6.45) is 14.5. The molecule has 0 saturated heterocycles. The molecule has 2 aromatic carbocycles. The van der Waals surface area contributed by atoms with Gasteiger partial charge >= 0.3 is 0 Å². The fraction of sp³-hybridized carbons (Fsp3) is 0.579. The third kappa shape index (κ3) is 14.4. The maximum atomic E-state index is 12.9. The number of phenols is 2. The number of hydrogen-bond acceptors (Lipinski definition) is 6. The maximum absolute atomic E-state index is 12.9. The van der Waals surface area contributed by atoms with Crippen LogP contribution in [0.4, 0.5) is 0 Å². The Morgan fingerprint density at radius 3 is 1.52 bits per heavy atom. The van der Waals surface area contributed by atoms with E-state index in [1.165, 1.54) is 12.1 Å². The van der Waals surface area contributed by atoms with Crippen molar-refractivity contribution in [2.24, 2.45) is 11.8 Å². The highest BCUT2D eigenvalue weighted by atomic mass is 16.3. The van der Waals surface area contributed by atoms with Gasteiger partial charge in [-0.1, -0.05) is 97.6 Å². The second kappa shape index (κ2) is 22.5. The molecule has 2 rings (SSSR count). The lowest BCUT2D eigenvalue weighted by Gasteiger charge is -2.18. The van der Waals surface area contributed by atoms with E-state index in [9.17, 15) is 29.4 Å². The van der Waals surface area contributed by atoms with Gasteiger partial charge in [0.05, 0.1) is 11.1 Å². The molecular weight excluding hydrogens is 608 g/mol. The Kier molecular flexibility index (Phi) is 18.8. The molecule has 2 aromatic rings. The van der Waals surface area contributed by atoms with Crippen LogP contribution in [0.15, 0.2) is 36.4 Å². The van der Waals surface area contributed by atoms with Crippen molar-refractivity contribution in [2.45, 2.75) is 130 Å². The SMILES string of the molecule is CCCCCCc1ccc(O)c(C(=O)NNC(=O)C(C)CCCCC(CCC)C(=O)NNC(=O)c2cc(CCCCCC)ccc2O)c1. The number of unbranched alkanes of at least 4 members (excludes halogenated alkanes) is 7. The van der Waals surface area contributed by atoms with Gasteiger partial charge in [-0.3, -0.25) is 40.9 Å². The minimum Gasteiger partial charge on any atom is -0.507 e. The number of nitrogens with one attached hydrogen (secondary N) is 4. The van der Waals surface area contributed by atoms with E-state index in [0.29, 0.717) is 32.1 Å². The van der Waals surface area contributed by atoms with E-state index in [0.717, 1.165) is 81.8 Å². The van der Waals surface area contributed by atoms with E-state index < -0.39 is 11.8 Å². The summed E-state index contributed by atoms with van der Waals surface area (Å²) in [4.78, 5) is 51.1. The van der Waals surface area contributed by atoms with Crippen LogP contribution in [0.25, 0.3) is 0 Å². The number of hydrazine groups is 2. The van der Waals surface area contributed by atoms with Crippen LogP contribution in [0.3, 0.4) is 0 Å². The zero-order valence-electron chi connectivity index (χ0n) is 29.5. The van der Waals surface area contributed by atoms with Gasteiger partial charge in [0.25, 0.3) is 11.8 Å². The standard InChI is InChI=1S/C38H58N4O6/c1-5-8-10-12-18-28-21-23-33(43)31(25-28)37(47)41-39-35(45)27(4)17-14-15-20-30(16-7-3)36(46)40-42-38(48)32-26-29(22-24-34(32)44)19-13-11-9-6-2/h21-27,30,43-44H,5-20H2,1-4H3,(H,39,45)(H,40,46)(H,41,47)(H,42,48). The van der Waals surface area contributed by atoms with Crippen LogP contribution in [-0.2, 0) is 22.4 Å². The molecule has 10 nitrogen and oxygen atoms in total. The van der Waals surface area contributed by atoms with Crippen molar-refractivity contribution in [3.63, 3.8) is 0 Å². The van der Waals surface area contributed by atoms with Gasteiger partial charge in [-0.2, -0.15) is 0 Å². The fourth-order valence-corrected chi connectivity index (χ4v) is 5.68. The van der Waals surface area contributed by atoms with Gasteiger partial charge in [0.1, 0.15) is 11.5 Å². The third-order valence-electron chi connectivity index (χ3n) is 8.74. The second-order valence-electron chi connectivity index (χ2n) is 12.9. The monoisotopic (exact) mass is 666 g/mol. The third-order valence-corrected chi connectivity index (χ3v) is 8.74. The predicted molar refractivity (Wildman–Crippen MR) is 189 cm³/mol. The molecule has 0 bridgehead atoms. The predicted octanol–water partition coefficient (Wildman–Crippen LogP) is 7.18. The molecule has 2 unspecified atom stereocenters. The molecule has 0 aliphatic rings. The zero-order valence-corrected chi connectivity index (χ0v) is 29.5. The Balaban J connectivity index is 1.77. The molecule has 0 radical (unpaired) electrons. The molecule has 0 aliphatic carbocycles. The van der Waals surface area contributed by atoms with Gasteiger partial charge in [0.2, 0.25) is 11.8 Å². The first-order valence-corrected chi connectivity index (χ1v) is 17.9. The fourth-order valence-electron chi connectivity index (χ4n) is 5.68. The van der Waals surface area contributed by atoms with Gasteiger partial charge in [0.15, 0.2) is 0 Å². The summed E-state index contributed by atoms with van der Waals surface area (Å²) in [5.74, 6) is -2.73. The molecule has 0 saturated carbocycles. The normalized spacial score (nSPS) is 12.2. The molecule has 10 heteroatoms. The lowest BCUT2D eigenvalue weighted by Crippen LogP contribution is -2.44. The van der Waals surface area contributed by atoms with E-state index >= 15 is 0 Å². The number of hydrogen-bond donors (Lipinski definition) is 6. The summed E-state index contributed by atoms with van der Waals surface area (Å²) in [5.41, 5.74) is 12.0. The molecule has 4 amide bonds. The van der Waals surface area contributed by atoms with Gasteiger partial charge < -0.3 is 10.2 Å². The number of carbonyl (C=O) groups is 4. The molecule has 0 heterocycles. The first kappa shape index (κ1) is 40.1. The van der Waals surface area contributed by atoms with Crippen LogP contribution in [0.1, 0.15) is 149 Å². The molecule has 0 spiro atoms. The van der Waals surface area contributed by atoms with Crippen LogP contribution < -0.4 is 21.7 Å². The molecule has 2 atom stereocenters. The van der Waals surface area contributed by atoms with Crippen LogP contribution in [-0.4, -0.2) is 33.8 Å². The zero-order chi connectivity index (χ0) is 35.3. The lowest BCUT2D eigenvalue weighted by molar-refractivity contribution is -0.127.